The molecule has 2 rings (SSSR count). The molecule has 1 aromatic carbocycles. The summed E-state index contributed by atoms with van der Waals surface area (Å²) < 4.78 is 20.1. The molecule has 1 aromatic heterocycles. The molecule has 0 amide bonds. The minimum atomic E-state index is -0.347. The van der Waals surface area contributed by atoms with Gasteiger partial charge in [-0.2, -0.15) is 0 Å². The summed E-state index contributed by atoms with van der Waals surface area (Å²) in [7, 11) is 0. The molecule has 5 heteroatoms. The Kier molecular flexibility index (Phi) is 4.50. The van der Waals surface area contributed by atoms with Crippen molar-refractivity contribution in [1.82, 2.24) is 4.98 Å². The van der Waals surface area contributed by atoms with Crippen molar-refractivity contribution >= 4 is 15.9 Å². The lowest BCUT2D eigenvalue weighted by Crippen LogP contribution is -2.07. The van der Waals surface area contributed by atoms with Crippen LogP contribution in [0.1, 0.15) is 24.1 Å². The summed E-state index contributed by atoms with van der Waals surface area (Å²) in [5.74, 6) is 0.127. The van der Waals surface area contributed by atoms with Gasteiger partial charge in [0.15, 0.2) is 0 Å². The second kappa shape index (κ2) is 6.12. The summed E-state index contributed by atoms with van der Waals surface area (Å²) >= 11 is 3.33. The number of ether oxygens (including phenoxy) is 1. The smallest absolute Gasteiger partial charge is 0.131 e. The van der Waals surface area contributed by atoms with Crippen molar-refractivity contribution in [3.05, 3.63) is 58.1 Å². The molecule has 19 heavy (non-hydrogen) atoms. The van der Waals surface area contributed by atoms with E-state index in [-0.39, 0.29) is 11.9 Å². The fourth-order valence-electron chi connectivity index (χ4n) is 1.67. The standard InChI is InChI=1S/C14H14BrFN2O/c1-9(17)13-3-2-12(5-14(13)16)19-8-10-4-11(15)7-18-6-10/h2-7,9H,8,17H2,1H3/t9-/m1/s1. The van der Waals surface area contributed by atoms with Gasteiger partial charge in [0.25, 0.3) is 0 Å². The number of rotatable bonds is 4. The number of nitrogens with two attached hydrogens (primary N) is 1. The fraction of sp³-hybridized carbons (Fsp3) is 0.214. The van der Waals surface area contributed by atoms with Crippen molar-refractivity contribution in [2.24, 2.45) is 5.73 Å². The molecule has 0 spiro atoms. The first-order valence-corrected chi connectivity index (χ1v) is 6.63. The summed E-state index contributed by atoms with van der Waals surface area (Å²) in [6, 6.07) is 6.29. The zero-order valence-electron chi connectivity index (χ0n) is 10.4. The molecule has 100 valence electrons. The van der Waals surface area contributed by atoms with Gasteiger partial charge in [0.2, 0.25) is 0 Å². The van der Waals surface area contributed by atoms with Gasteiger partial charge in [-0.15, -0.1) is 0 Å². The van der Waals surface area contributed by atoms with Gasteiger partial charge in [0.05, 0.1) is 0 Å². The molecule has 0 saturated carbocycles. The summed E-state index contributed by atoms with van der Waals surface area (Å²) in [6.45, 7) is 2.08. The number of nitrogens with zero attached hydrogens (tertiary/aromatic N) is 1. The number of pyridine rings is 1. The Morgan fingerprint density at radius 1 is 1.37 bits per heavy atom. The van der Waals surface area contributed by atoms with Crippen molar-refractivity contribution in [3.8, 4) is 5.75 Å². The molecule has 0 aliphatic carbocycles. The molecular weight excluding hydrogens is 311 g/mol. The van der Waals surface area contributed by atoms with Crippen LogP contribution in [-0.4, -0.2) is 4.98 Å². The van der Waals surface area contributed by atoms with Crippen LogP contribution in [0, 0.1) is 5.82 Å². The highest BCUT2D eigenvalue weighted by atomic mass is 79.9. The van der Waals surface area contributed by atoms with Crippen molar-refractivity contribution in [2.45, 2.75) is 19.6 Å². The molecule has 0 fully saturated rings. The van der Waals surface area contributed by atoms with Crippen LogP contribution in [0.15, 0.2) is 41.1 Å². The minimum absolute atomic E-state index is 0.330. The molecule has 2 N–H and O–H groups in total. The zero-order valence-corrected chi connectivity index (χ0v) is 12.0. The zero-order chi connectivity index (χ0) is 13.8. The van der Waals surface area contributed by atoms with Crippen molar-refractivity contribution in [2.75, 3.05) is 0 Å². The first kappa shape index (κ1) is 14.0. The average Bonchev–Trinajstić information content (AvgIpc) is 2.36. The maximum atomic E-state index is 13.7. The Morgan fingerprint density at radius 3 is 2.79 bits per heavy atom. The quantitative estimate of drug-likeness (QED) is 0.935. The van der Waals surface area contributed by atoms with Gasteiger partial charge in [-0.1, -0.05) is 6.07 Å². The molecule has 0 aliphatic rings. The molecule has 0 unspecified atom stereocenters. The number of hydrogen-bond acceptors (Lipinski definition) is 3. The van der Waals surface area contributed by atoms with Gasteiger partial charge in [0.1, 0.15) is 18.2 Å². The number of benzene rings is 1. The third kappa shape index (κ3) is 3.75. The Balaban J connectivity index is 2.06. The second-order valence-corrected chi connectivity index (χ2v) is 5.19. The number of hydrogen-bond donors (Lipinski definition) is 1. The van der Waals surface area contributed by atoms with Crippen LogP contribution in [0.2, 0.25) is 0 Å². The minimum Gasteiger partial charge on any atom is -0.489 e. The summed E-state index contributed by atoms with van der Waals surface area (Å²) in [4.78, 5) is 4.03. The first-order valence-electron chi connectivity index (χ1n) is 5.83. The van der Waals surface area contributed by atoms with Crippen LogP contribution in [0.5, 0.6) is 5.75 Å². The van der Waals surface area contributed by atoms with Crippen LogP contribution in [0.3, 0.4) is 0 Å². The maximum absolute atomic E-state index is 13.7. The second-order valence-electron chi connectivity index (χ2n) is 4.27. The van der Waals surface area contributed by atoms with Crippen molar-refractivity contribution in [1.29, 1.82) is 0 Å². The van der Waals surface area contributed by atoms with Crippen molar-refractivity contribution in [3.63, 3.8) is 0 Å². The Morgan fingerprint density at radius 2 is 2.16 bits per heavy atom. The van der Waals surface area contributed by atoms with E-state index in [0.717, 1.165) is 10.0 Å². The van der Waals surface area contributed by atoms with E-state index in [1.807, 2.05) is 6.07 Å². The largest absolute Gasteiger partial charge is 0.489 e. The SMILES string of the molecule is C[C@@H](N)c1ccc(OCc2cncc(Br)c2)cc1F. The predicted molar refractivity (Wildman–Crippen MR) is 75.3 cm³/mol. The van der Waals surface area contributed by atoms with Crippen LogP contribution in [0.25, 0.3) is 0 Å². The monoisotopic (exact) mass is 324 g/mol. The van der Waals surface area contributed by atoms with Crippen LogP contribution in [-0.2, 0) is 6.61 Å². The average molecular weight is 325 g/mol. The van der Waals surface area contributed by atoms with E-state index in [1.54, 1.807) is 31.5 Å². The summed E-state index contributed by atoms with van der Waals surface area (Å²) in [5, 5.41) is 0. The Labute approximate surface area is 119 Å². The van der Waals surface area contributed by atoms with Gasteiger partial charge >= 0.3 is 0 Å². The van der Waals surface area contributed by atoms with Crippen molar-refractivity contribution < 1.29 is 9.13 Å². The molecular formula is C14H14BrFN2O. The summed E-state index contributed by atoms with van der Waals surface area (Å²) in [6.07, 6.45) is 3.40. The molecule has 1 atom stereocenters. The van der Waals surface area contributed by atoms with E-state index in [9.17, 15) is 4.39 Å². The maximum Gasteiger partial charge on any atom is 0.131 e. The van der Waals surface area contributed by atoms with Crippen LogP contribution < -0.4 is 10.5 Å². The van der Waals surface area contributed by atoms with Gasteiger partial charge < -0.3 is 10.5 Å². The third-order valence-corrected chi connectivity index (χ3v) is 3.06. The fourth-order valence-corrected chi connectivity index (χ4v) is 2.08. The van der Waals surface area contributed by atoms with E-state index in [2.05, 4.69) is 20.9 Å². The lowest BCUT2D eigenvalue weighted by molar-refractivity contribution is 0.303. The van der Waals surface area contributed by atoms with Gasteiger partial charge in [-0.3, -0.25) is 4.98 Å². The Bertz CT molecular complexity index is 575. The van der Waals surface area contributed by atoms with Crippen LogP contribution in [0.4, 0.5) is 4.39 Å². The molecule has 0 saturated heterocycles. The highest BCUT2D eigenvalue weighted by Crippen LogP contribution is 2.21. The molecule has 3 nitrogen and oxygen atoms in total. The first-order chi connectivity index (χ1) is 9.06. The predicted octanol–water partition coefficient (Wildman–Crippen LogP) is 3.58. The summed E-state index contributed by atoms with van der Waals surface area (Å²) in [5.41, 5.74) is 7.04. The highest BCUT2D eigenvalue weighted by molar-refractivity contribution is 9.10. The van der Waals surface area contributed by atoms with E-state index >= 15 is 0 Å². The third-order valence-electron chi connectivity index (χ3n) is 2.63. The highest BCUT2D eigenvalue weighted by Gasteiger charge is 2.08. The van der Waals surface area contributed by atoms with Gasteiger partial charge in [-0.05, 0) is 35.0 Å². The lowest BCUT2D eigenvalue weighted by atomic mass is 10.1. The van der Waals surface area contributed by atoms with Gasteiger partial charge in [0, 0.05) is 40.1 Å². The molecule has 0 bridgehead atoms. The molecule has 1 heterocycles. The van der Waals surface area contributed by atoms with E-state index in [0.29, 0.717) is 17.9 Å². The Hall–Kier alpha value is -1.46. The number of halogens is 2. The normalized spacial score (nSPS) is 12.2. The molecule has 0 radical (unpaired) electrons. The van der Waals surface area contributed by atoms with Gasteiger partial charge in [-0.25, -0.2) is 4.39 Å². The van der Waals surface area contributed by atoms with E-state index in [1.165, 1.54) is 6.07 Å². The number of aromatic nitrogens is 1. The van der Waals surface area contributed by atoms with E-state index < -0.39 is 0 Å². The molecule has 0 aliphatic heterocycles. The lowest BCUT2D eigenvalue weighted by Gasteiger charge is -2.10. The topological polar surface area (TPSA) is 48.1 Å². The van der Waals surface area contributed by atoms with Crippen LogP contribution >= 0.6 is 15.9 Å². The molecule has 2 aromatic rings. The van der Waals surface area contributed by atoms with E-state index in [4.69, 9.17) is 10.5 Å².